The average Bonchev–Trinajstić information content (AvgIpc) is 3.20. The number of hydrogen-bond acceptors (Lipinski definition) is 7. The molecule has 9 heteroatoms. The Kier molecular flexibility index (Phi) is 5.81. The number of likely N-dealkylation sites (N-methyl/N-ethyl adjacent to an activating group) is 1. The molecule has 0 saturated carbocycles. The number of benzene rings is 2. The molecular formula is C21H18ClN3O3S2. The highest BCUT2D eigenvalue weighted by Gasteiger charge is 2.37. The second kappa shape index (κ2) is 8.37. The molecular weight excluding hydrogens is 442 g/mol. The predicted octanol–water partition coefficient (Wildman–Crippen LogP) is 5.12. The maximum atomic E-state index is 12.9. The van der Waals surface area contributed by atoms with E-state index < -0.39 is 0 Å². The number of rotatable bonds is 3. The van der Waals surface area contributed by atoms with Crippen molar-refractivity contribution in [2.45, 2.75) is 11.8 Å². The zero-order valence-corrected chi connectivity index (χ0v) is 18.9. The Balaban J connectivity index is 1.60. The zero-order chi connectivity index (χ0) is 21.4. The first-order valence-electron chi connectivity index (χ1n) is 9.16. The summed E-state index contributed by atoms with van der Waals surface area (Å²) in [5.74, 6) is -0.470. The van der Waals surface area contributed by atoms with Gasteiger partial charge in [0.1, 0.15) is 4.91 Å². The Morgan fingerprint density at radius 1 is 1.10 bits per heavy atom. The second-order valence-corrected chi connectivity index (χ2v) is 8.98. The number of esters is 1. The van der Waals surface area contributed by atoms with Gasteiger partial charge in [0.15, 0.2) is 5.17 Å². The first kappa shape index (κ1) is 20.8. The number of amidine groups is 1. The van der Waals surface area contributed by atoms with Gasteiger partial charge in [-0.1, -0.05) is 23.4 Å². The molecule has 2 aromatic rings. The van der Waals surface area contributed by atoms with Crippen LogP contribution in [-0.2, 0) is 9.53 Å². The summed E-state index contributed by atoms with van der Waals surface area (Å²) in [4.78, 5) is 34.5. The number of nitrogens with zero attached hydrogens (tertiary/aromatic N) is 3. The van der Waals surface area contributed by atoms with E-state index in [-0.39, 0.29) is 11.9 Å². The second-order valence-electron chi connectivity index (χ2n) is 6.54. The number of ether oxygens (including phenoxy) is 1. The van der Waals surface area contributed by atoms with Gasteiger partial charge in [0.05, 0.1) is 28.6 Å². The fraction of sp³-hybridized carbons (Fsp3) is 0.190. The van der Waals surface area contributed by atoms with Crippen LogP contribution in [0.4, 0.5) is 11.4 Å². The molecule has 0 aromatic heterocycles. The van der Waals surface area contributed by atoms with Crippen molar-refractivity contribution in [2.75, 3.05) is 25.6 Å². The number of carbonyl (C=O) groups is 2. The average molecular weight is 460 g/mol. The van der Waals surface area contributed by atoms with E-state index >= 15 is 0 Å². The molecule has 0 unspecified atom stereocenters. The van der Waals surface area contributed by atoms with Crippen molar-refractivity contribution in [3.8, 4) is 0 Å². The van der Waals surface area contributed by atoms with Crippen LogP contribution in [0.2, 0.25) is 5.02 Å². The number of aliphatic imine (C=N–C) groups is 1. The third-order valence-corrected chi connectivity index (χ3v) is 7.29. The van der Waals surface area contributed by atoms with Crippen molar-refractivity contribution in [1.29, 1.82) is 0 Å². The van der Waals surface area contributed by atoms with Crippen LogP contribution in [0, 0.1) is 0 Å². The number of thioether (sulfide) groups is 2. The summed E-state index contributed by atoms with van der Waals surface area (Å²) < 4.78 is 4.99. The van der Waals surface area contributed by atoms with E-state index in [2.05, 4.69) is 4.99 Å². The van der Waals surface area contributed by atoms with E-state index in [1.54, 1.807) is 50.0 Å². The van der Waals surface area contributed by atoms with Crippen LogP contribution < -0.4 is 4.90 Å². The zero-order valence-electron chi connectivity index (χ0n) is 16.5. The third kappa shape index (κ3) is 3.82. The van der Waals surface area contributed by atoms with Crippen LogP contribution in [0.5, 0.6) is 0 Å². The highest BCUT2D eigenvalue weighted by Crippen LogP contribution is 2.50. The minimum absolute atomic E-state index is 0.102. The molecule has 2 aliphatic heterocycles. The number of carbonyl (C=O) groups excluding carboxylic acids is 2. The lowest BCUT2D eigenvalue weighted by Gasteiger charge is -2.14. The van der Waals surface area contributed by atoms with Crippen LogP contribution in [0.15, 0.2) is 62.3 Å². The van der Waals surface area contributed by atoms with Gasteiger partial charge in [0.2, 0.25) is 0 Å². The minimum atomic E-state index is -0.368. The van der Waals surface area contributed by atoms with E-state index in [0.29, 0.717) is 33.0 Å². The molecule has 6 nitrogen and oxygen atoms in total. The molecule has 0 atom stereocenters. The molecule has 2 aliphatic rings. The van der Waals surface area contributed by atoms with Crippen LogP contribution in [0.25, 0.3) is 0 Å². The Labute approximate surface area is 187 Å². The number of halogens is 1. The topological polar surface area (TPSA) is 62.2 Å². The summed E-state index contributed by atoms with van der Waals surface area (Å²) in [6.45, 7) is 2.09. The molecule has 2 aromatic carbocycles. The lowest BCUT2D eigenvalue weighted by Crippen LogP contribution is -2.24. The van der Waals surface area contributed by atoms with Gasteiger partial charge < -0.3 is 9.64 Å². The van der Waals surface area contributed by atoms with Gasteiger partial charge >= 0.3 is 5.97 Å². The van der Waals surface area contributed by atoms with Gasteiger partial charge in [-0.05, 0) is 61.2 Å². The standard InChI is InChI=1S/C21H18ClN3O3S2/c1-4-28-20(27)12-5-8-14(9-6-12)23-21-25(3)18(26)17(30-21)19-24(2)15-11-13(22)7-10-16(15)29-19/h5-11H,4H2,1-3H3/b19-17+,23-21?. The highest BCUT2D eigenvalue weighted by atomic mass is 35.5. The normalized spacial score (nSPS) is 19.6. The first-order valence-corrected chi connectivity index (χ1v) is 11.2. The minimum Gasteiger partial charge on any atom is -0.462 e. The quantitative estimate of drug-likeness (QED) is 0.469. The molecule has 1 amide bonds. The fourth-order valence-corrected chi connectivity index (χ4v) is 5.47. The molecule has 0 radical (unpaired) electrons. The number of hydrogen-bond donors (Lipinski definition) is 0. The molecule has 2 heterocycles. The molecule has 154 valence electrons. The van der Waals surface area contributed by atoms with Gasteiger partial charge in [0, 0.05) is 24.0 Å². The Bertz CT molecular complexity index is 1100. The number of anilines is 1. The predicted molar refractivity (Wildman–Crippen MR) is 123 cm³/mol. The van der Waals surface area contributed by atoms with Crippen molar-refractivity contribution in [1.82, 2.24) is 4.90 Å². The molecule has 4 rings (SSSR count). The van der Waals surface area contributed by atoms with Gasteiger partial charge in [-0.15, -0.1) is 0 Å². The van der Waals surface area contributed by atoms with E-state index in [1.165, 1.54) is 16.7 Å². The Morgan fingerprint density at radius 2 is 1.83 bits per heavy atom. The molecule has 1 saturated heterocycles. The van der Waals surface area contributed by atoms with Crippen molar-refractivity contribution in [3.05, 3.63) is 63.0 Å². The number of fused-ring (bicyclic) bond motifs is 1. The Hall–Kier alpha value is -2.42. The van der Waals surface area contributed by atoms with Crippen molar-refractivity contribution in [3.63, 3.8) is 0 Å². The van der Waals surface area contributed by atoms with Gasteiger partial charge in [-0.2, -0.15) is 0 Å². The summed E-state index contributed by atoms with van der Waals surface area (Å²) in [5.41, 5.74) is 2.09. The summed E-state index contributed by atoms with van der Waals surface area (Å²) in [7, 11) is 3.63. The van der Waals surface area contributed by atoms with Crippen molar-refractivity contribution in [2.24, 2.45) is 4.99 Å². The van der Waals surface area contributed by atoms with Gasteiger partial charge in [-0.3, -0.25) is 9.69 Å². The van der Waals surface area contributed by atoms with Crippen LogP contribution in [0.1, 0.15) is 17.3 Å². The summed E-state index contributed by atoms with van der Waals surface area (Å²) >= 11 is 9.01. The summed E-state index contributed by atoms with van der Waals surface area (Å²) in [5, 5.41) is 2.09. The highest BCUT2D eigenvalue weighted by molar-refractivity contribution is 8.19. The fourth-order valence-electron chi connectivity index (χ4n) is 2.99. The lowest BCUT2D eigenvalue weighted by molar-refractivity contribution is -0.121. The Morgan fingerprint density at radius 3 is 2.53 bits per heavy atom. The molecule has 0 aliphatic carbocycles. The third-order valence-electron chi connectivity index (χ3n) is 4.57. The van der Waals surface area contributed by atoms with Gasteiger partial charge in [0.25, 0.3) is 5.91 Å². The number of amides is 1. The molecule has 30 heavy (non-hydrogen) atoms. The first-order chi connectivity index (χ1) is 14.4. The van der Waals surface area contributed by atoms with E-state index in [4.69, 9.17) is 16.3 Å². The monoisotopic (exact) mass is 459 g/mol. The smallest absolute Gasteiger partial charge is 0.338 e. The summed E-state index contributed by atoms with van der Waals surface area (Å²) in [6, 6.07) is 12.5. The largest absolute Gasteiger partial charge is 0.462 e. The molecule has 1 fully saturated rings. The van der Waals surface area contributed by atoms with Crippen molar-refractivity contribution >= 4 is 63.5 Å². The summed E-state index contributed by atoms with van der Waals surface area (Å²) in [6.07, 6.45) is 0. The maximum absolute atomic E-state index is 12.9. The molecule has 0 N–H and O–H groups in total. The molecule has 0 spiro atoms. The van der Waals surface area contributed by atoms with E-state index in [1.807, 2.05) is 30.1 Å². The lowest BCUT2D eigenvalue weighted by atomic mass is 10.2. The van der Waals surface area contributed by atoms with E-state index in [0.717, 1.165) is 15.6 Å². The van der Waals surface area contributed by atoms with E-state index in [9.17, 15) is 9.59 Å². The van der Waals surface area contributed by atoms with Crippen molar-refractivity contribution < 1.29 is 14.3 Å². The SMILES string of the molecule is CCOC(=O)c1ccc(N=C2S/C(=C3/Sc4ccc(Cl)cc4N3C)C(=O)N2C)cc1. The molecule has 0 bridgehead atoms. The maximum Gasteiger partial charge on any atom is 0.338 e. The van der Waals surface area contributed by atoms with Crippen LogP contribution in [-0.4, -0.2) is 42.6 Å². The van der Waals surface area contributed by atoms with Crippen LogP contribution >= 0.6 is 35.1 Å². The van der Waals surface area contributed by atoms with Gasteiger partial charge in [-0.25, -0.2) is 9.79 Å². The van der Waals surface area contributed by atoms with Crippen LogP contribution in [0.3, 0.4) is 0 Å².